The van der Waals surface area contributed by atoms with Gasteiger partial charge < -0.3 is 19.1 Å². The van der Waals surface area contributed by atoms with Crippen LogP contribution in [0.5, 0.6) is 0 Å². The van der Waals surface area contributed by atoms with Crippen molar-refractivity contribution in [2.75, 3.05) is 31.6 Å². The first-order chi connectivity index (χ1) is 23.2. The molecule has 250 valence electrons. The number of para-hydroxylation sites is 1. The normalized spacial score (nSPS) is 25.3. The third-order valence-electron chi connectivity index (χ3n) is 9.69. The number of cyclic esters (lactones) is 1. The highest BCUT2D eigenvalue weighted by atomic mass is 16.6. The number of ether oxygens (including phenoxy) is 3. The van der Waals surface area contributed by atoms with Gasteiger partial charge in [0, 0.05) is 31.0 Å². The van der Waals surface area contributed by atoms with Crippen molar-refractivity contribution in [1.29, 1.82) is 0 Å². The van der Waals surface area contributed by atoms with E-state index in [1.54, 1.807) is 30.3 Å². The zero-order valence-corrected chi connectivity index (χ0v) is 27.4. The fourth-order valence-electron chi connectivity index (χ4n) is 7.55. The number of fused-ring (bicyclic) bond motifs is 5. The number of hydrogen-bond acceptors (Lipinski definition) is 9. The first-order valence-corrected chi connectivity index (χ1v) is 16.2. The van der Waals surface area contributed by atoms with Gasteiger partial charge in [-0.2, -0.15) is 0 Å². The Morgan fingerprint density at radius 1 is 0.979 bits per heavy atom. The highest BCUT2D eigenvalue weighted by Crippen LogP contribution is 2.58. The lowest BCUT2D eigenvalue weighted by molar-refractivity contribution is -0.138. The zero-order valence-electron chi connectivity index (χ0n) is 27.4. The summed E-state index contributed by atoms with van der Waals surface area (Å²) < 4.78 is 16.9. The SMILES string of the molecule is CCC1=C(OC(=O)N(CC)CC)N2C(=O)OC(=NCC(=O)OC)[C@]2(Cc2ccccc2)C2C1=CCC1C(=O)N(c3ccccc3)C(=O)C12. The van der Waals surface area contributed by atoms with E-state index in [2.05, 4.69) is 4.99 Å². The predicted octanol–water partition coefficient (Wildman–Crippen LogP) is 4.86. The van der Waals surface area contributed by atoms with Crippen molar-refractivity contribution in [2.24, 2.45) is 22.7 Å². The van der Waals surface area contributed by atoms with Gasteiger partial charge in [0.1, 0.15) is 12.1 Å². The van der Waals surface area contributed by atoms with Gasteiger partial charge in [-0.15, -0.1) is 0 Å². The molecule has 0 bridgehead atoms. The third kappa shape index (κ3) is 5.15. The molecule has 4 amide bonds. The van der Waals surface area contributed by atoms with Crippen LogP contribution in [0, 0.1) is 17.8 Å². The molecule has 0 saturated carbocycles. The Hall–Kier alpha value is -5.26. The number of anilines is 1. The van der Waals surface area contributed by atoms with Gasteiger partial charge in [0.05, 0.1) is 24.6 Å². The van der Waals surface area contributed by atoms with Gasteiger partial charge in [-0.05, 0) is 50.0 Å². The van der Waals surface area contributed by atoms with Gasteiger partial charge >= 0.3 is 18.2 Å². The second-order valence-electron chi connectivity index (χ2n) is 12.0. The number of hydrogen-bond donors (Lipinski definition) is 0. The first kappa shape index (κ1) is 32.7. The van der Waals surface area contributed by atoms with E-state index < -0.39 is 53.9 Å². The van der Waals surface area contributed by atoms with Gasteiger partial charge in [0.25, 0.3) is 0 Å². The second-order valence-corrected chi connectivity index (χ2v) is 12.0. The molecule has 4 atom stereocenters. The van der Waals surface area contributed by atoms with Gasteiger partial charge in [-0.1, -0.05) is 61.5 Å². The molecular formula is C36H38N4O8. The van der Waals surface area contributed by atoms with Gasteiger partial charge in [0.2, 0.25) is 23.6 Å². The first-order valence-electron chi connectivity index (χ1n) is 16.2. The number of methoxy groups -OCH3 is 1. The maximum atomic E-state index is 14.6. The van der Waals surface area contributed by atoms with Crippen molar-refractivity contribution in [1.82, 2.24) is 9.80 Å². The van der Waals surface area contributed by atoms with Crippen molar-refractivity contribution in [2.45, 2.75) is 45.6 Å². The van der Waals surface area contributed by atoms with Gasteiger partial charge in [0.15, 0.2) is 0 Å². The van der Waals surface area contributed by atoms with Crippen LogP contribution < -0.4 is 4.90 Å². The summed E-state index contributed by atoms with van der Waals surface area (Å²) >= 11 is 0. The smallest absolute Gasteiger partial charge is 0.424 e. The minimum absolute atomic E-state index is 0.0174. The number of rotatable bonds is 9. The van der Waals surface area contributed by atoms with Gasteiger partial charge in [-0.25, -0.2) is 19.5 Å². The molecule has 2 aromatic carbocycles. The molecule has 6 rings (SSSR count). The molecular weight excluding hydrogens is 616 g/mol. The van der Waals surface area contributed by atoms with E-state index >= 15 is 0 Å². The number of imide groups is 1. The number of esters is 1. The molecule has 2 saturated heterocycles. The van der Waals surface area contributed by atoms with E-state index in [0.29, 0.717) is 36.3 Å². The average Bonchev–Trinajstić information content (AvgIpc) is 3.53. The quantitative estimate of drug-likeness (QED) is 0.213. The van der Waals surface area contributed by atoms with Crippen LogP contribution in [0.3, 0.4) is 0 Å². The molecule has 0 radical (unpaired) electrons. The van der Waals surface area contributed by atoms with E-state index in [1.807, 2.05) is 57.2 Å². The van der Waals surface area contributed by atoms with Crippen LogP contribution in [-0.4, -0.2) is 78.0 Å². The predicted molar refractivity (Wildman–Crippen MR) is 174 cm³/mol. The zero-order chi connectivity index (χ0) is 34.2. The van der Waals surface area contributed by atoms with Crippen LogP contribution in [0.2, 0.25) is 0 Å². The number of allylic oxidation sites excluding steroid dienone is 2. The summed E-state index contributed by atoms with van der Waals surface area (Å²) in [6.45, 7) is 5.80. The summed E-state index contributed by atoms with van der Waals surface area (Å²) in [6, 6.07) is 18.0. The monoisotopic (exact) mass is 654 g/mol. The maximum absolute atomic E-state index is 14.6. The standard InChI is InChI=1S/C36H38N4O8/c1-5-24-25-18-19-26-28(31(43)39(30(26)42)23-16-12-9-13-17-23)29(25)36(20-22-14-10-8-11-15-22)33(37-21-27(41)46-4)48-35(45)40(36)32(24)47-34(44)38(6-2)7-3/h8-18,26,28-29H,5-7,19-21H2,1-4H3/t26?,28?,29?,36-/m0/s1. The summed E-state index contributed by atoms with van der Waals surface area (Å²) in [5.74, 6) is -4.08. The van der Waals surface area contributed by atoms with E-state index in [-0.39, 0.29) is 30.5 Å². The maximum Gasteiger partial charge on any atom is 0.424 e. The Kier molecular flexibility index (Phi) is 8.91. The Balaban J connectivity index is 1.62. The van der Waals surface area contributed by atoms with Crippen LogP contribution in [0.25, 0.3) is 0 Å². The molecule has 3 aliphatic heterocycles. The topological polar surface area (TPSA) is 135 Å². The summed E-state index contributed by atoms with van der Waals surface area (Å²) in [5, 5.41) is 0. The highest BCUT2D eigenvalue weighted by Gasteiger charge is 2.70. The minimum atomic E-state index is -1.60. The van der Waals surface area contributed by atoms with Crippen molar-refractivity contribution >= 4 is 41.6 Å². The fourth-order valence-corrected chi connectivity index (χ4v) is 7.55. The summed E-state index contributed by atoms with van der Waals surface area (Å²) in [5.41, 5.74) is 0.841. The van der Waals surface area contributed by atoms with Crippen molar-refractivity contribution in [3.05, 3.63) is 89.3 Å². The van der Waals surface area contributed by atoms with Crippen molar-refractivity contribution < 1.29 is 38.2 Å². The lowest BCUT2D eigenvalue weighted by atomic mass is 9.59. The fraction of sp³-hybridized carbons (Fsp3) is 0.389. The second kappa shape index (κ2) is 13.1. The number of nitrogens with zero attached hydrogens (tertiary/aromatic N) is 4. The number of amides is 4. The van der Waals surface area contributed by atoms with Crippen molar-refractivity contribution in [3.8, 4) is 0 Å². The number of carbonyl (C=O) groups excluding carboxylic acids is 5. The van der Waals surface area contributed by atoms with Gasteiger partial charge in [-0.3, -0.25) is 19.3 Å². The largest absolute Gasteiger partial charge is 0.468 e. The van der Waals surface area contributed by atoms with E-state index in [1.165, 1.54) is 21.8 Å². The van der Waals surface area contributed by atoms with Crippen LogP contribution in [-0.2, 0) is 35.0 Å². The molecule has 3 unspecified atom stereocenters. The number of benzene rings is 2. The molecule has 2 aromatic rings. The highest BCUT2D eigenvalue weighted by molar-refractivity contribution is 6.23. The molecule has 0 spiro atoms. The Morgan fingerprint density at radius 3 is 2.27 bits per heavy atom. The number of aliphatic imine (C=N–C) groups is 1. The van der Waals surface area contributed by atoms with Crippen LogP contribution in [0.4, 0.5) is 15.3 Å². The molecule has 1 aliphatic carbocycles. The van der Waals surface area contributed by atoms with Crippen LogP contribution in [0.15, 0.2) is 88.8 Å². The summed E-state index contributed by atoms with van der Waals surface area (Å²) in [7, 11) is 1.23. The third-order valence-corrected chi connectivity index (χ3v) is 9.69. The summed E-state index contributed by atoms with van der Waals surface area (Å²) in [6.07, 6.45) is 1.06. The Morgan fingerprint density at radius 2 is 1.65 bits per heavy atom. The number of carbonyl (C=O) groups is 5. The molecule has 12 nitrogen and oxygen atoms in total. The minimum Gasteiger partial charge on any atom is -0.468 e. The molecule has 3 heterocycles. The van der Waals surface area contributed by atoms with E-state index in [0.717, 1.165) is 5.56 Å². The molecule has 0 aromatic heterocycles. The lowest BCUT2D eigenvalue weighted by Gasteiger charge is -2.50. The van der Waals surface area contributed by atoms with E-state index in [9.17, 15) is 24.0 Å². The van der Waals surface area contributed by atoms with E-state index in [4.69, 9.17) is 14.2 Å². The Labute approximate surface area is 278 Å². The molecule has 4 aliphatic rings. The molecule has 48 heavy (non-hydrogen) atoms. The average molecular weight is 655 g/mol. The molecule has 2 fully saturated rings. The Bertz CT molecular complexity index is 1730. The lowest BCUT2D eigenvalue weighted by Crippen LogP contribution is -2.63. The molecule has 12 heteroatoms. The van der Waals surface area contributed by atoms with Crippen LogP contribution in [0.1, 0.15) is 39.2 Å². The van der Waals surface area contributed by atoms with Crippen molar-refractivity contribution in [3.63, 3.8) is 0 Å². The van der Waals surface area contributed by atoms with Crippen LogP contribution >= 0.6 is 0 Å². The molecule has 0 N–H and O–H groups in total. The summed E-state index contributed by atoms with van der Waals surface area (Å²) in [4.78, 5) is 77.3.